The molecule has 1 amide bonds. The first-order valence-corrected chi connectivity index (χ1v) is 8.19. The summed E-state index contributed by atoms with van der Waals surface area (Å²) in [5.74, 6) is 0.303. The van der Waals surface area contributed by atoms with E-state index in [1.807, 2.05) is 0 Å². The first-order valence-electron chi connectivity index (χ1n) is 6.64. The summed E-state index contributed by atoms with van der Waals surface area (Å²) in [6, 6.07) is 8.57. The second kappa shape index (κ2) is 6.15. The lowest BCUT2D eigenvalue weighted by molar-refractivity contribution is 0.0828. The van der Waals surface area contributed by atoms with Crippen LogP contribution in [-0.4, -0.2) is 29.9 Å². The summed E-state index contributed by atoms with van der Waals surface area (Å²) in [6.45, 7) is 0. The molecule has 0 spiro atoms. The van der Waals surface area contributed by atoms with Crippen LogP contribution in [0.25, 0.3) is 22.6 Å². The Morgan fingerprint density at radius 2 is 1.83 bits per heavy atom. The van der Waals surface area contributed by atoms with Crippen LogP contribution in [0.3, 0.4) is 0 Å². The van der Waals surface area contributed by atoms with E-state index < -0.39 is 0 Å². The van der Waals surface area contributed by atoms with Crippen LogP contribution in [0.1, 0.15) is 10.4 Å². The lowest BCUT2D eigenvalue weighted by Gasteiger charge is -2.09. The molecule has 0 bridgehead atoms. The normalized spacial score (nSPS) is 11.0. The van der Waals surface area contributed by atoms with Crippen LogP contribution in [-0.2, 0) is 0 Å². The molecule has 23 heavy (non-hydrogen) atoms. The smallest absolute Gasteiger partial charge is 0.253 e. The number of carbonyl (C=O) groups is 1. The van der Waals surface area contributed by atoms with Crippen molar-refractivity contribution in [1.29, 1.82) is 0 Å². The van der Waals surface area contributed by atoms with Gasteiger partial charge in [-0.25, -0.2) is 4.98 Å². The van der Waals surface area contributed by atoms with Crippen molar-refractivity contribution >= 4 is 56.1 Å². The molecule has 7 heteroatoms. The number of aromatic nitrogens is 1. The van der Waals surface area contributed by atoms with E-state index in [1.54, 1.807) is 44.4 Å². The largest absolute Gasteiger partial charge is 0.436 e. The number of oxazole rings is 1. The predicted molar refractivity (Wildman–Crippen MR) is 95.2 cm³/mol. The van der Waals surface area contributed by atoms with Crippen molar-refractivity contribution in [3.63, 3.8) is 0 Å². The van der Waals surface area contributed by atoms with Crippen molar-refractivity contribution in [2.75, 3.05) is 14.1 Å². The van der Waals surface area contributed by atoms with Crippen LogP contribution in [0.15, 0.2) is 39.2 Å². The zero-order valence-corrected chi connectivity index (χ0v) is 15.3. The summed E-state index contributed by atoms with van der Waals surface area (Å²) in [7, 11) is 3.40. The first-order chi connectivity index (χ1) is 10.9. The standard InChI is InChI=1S/C16H11BrCl2N2O2/c1-21(2)16(22)8-3-4-13-12(7-8)20-15(23-13)9-5-10(18)14(17)11(19)6-9/h3-7H,1-2H3. The number of carbonyl (C=O) groups excluding carboxylic acids is 1. The van der Waals surface area contributed by atoms with Gasteiger partial charge < -0.3 is 9.32 Å². The number of nitrogens with zero attached hydrogens (tertiary/aromatic N) is 2. The Bertz CT molecular complexity index is 899. The summed E-state index contributed by atoms with van der Waals surface area (Å²) in [4.78, 5) is 18.0. The van der Waals surface area contributed by atoms with Gasteiger partial charge in [-0.05, 0) is 46.3 Å². The number of halogens is 3. The number of amides is 1. The molecule has 0 N–H and O–H groups in total. The van der Waals surface area contributed by atoms with Crippen molar-refractivity contribution in [2.24, 2.45) is 0 Å². The molecule has 0 fully saturated rings. The average molecular weight is 414 g/mol. The van der Waals surface area contributed by atoms with Crippen LogP contribution in [0.5, 0.6) is 0 Å². The fourth-order valence-corrected chi connectivity index (χ4v) is 2.84. The lowest BCUT2D eigenvalue weighted by Crippen LogP contribution is -2.21. The molecule has 0 atom stereocenters. The zero-order valence-electron chi connectivity index (χ0n) is 12.2. The minimum absolute atomic E-state index is 0.0915. The molecular weight excluding hydrogens is 403 g/mol. The molecule has 0 aliphatic rings. The number of hydrogen-bond donors (Lipinski definition) is 0. The molecule has 2 aromatic carbocycles. The predicted octanol–water partition coefficient (Wildman–Crippen LogP) is 5.27. The van der Waals surface area contributed by atoms with E-state index in [-0.39, 0.29) is 5.91 Å². The number of benzene rings is 2. The van der Waals surface area contributed by atoms with Gasteiger partial charge in [0.15, 0.2) is 5.58 Å². The van der Waals surface area contributed by atoms with E-state index in [4.69, 9.17) is 27.6 Å². The molecule has 1 aromatic heterocycles. The molecule has 0 saturated heterocycles. The highest BCUT2D eigenvalue weighted by Crippen LogP contribution is 2.36. The third-order valence-electron chi connectivity index (χ3n) is 3.27. The van der Waals surface area contributed by atoms with Crippen molar-refractivity contribution in [3.05, 3.63) is 50.4 Å². The van der Waals surface area contributed by atoms with Crippen LogP contribution in [0, 0.1) is 0 Å². The van der Waals surface area contributed by atoms with Crippen molar-refractivity contribution in [2.45, 2.75) is 0 Å². The van der Waals surface area contributed by atoms with Crippen molar-refractivity contribution in [1.82, 2.24) is 9.88 Å². The third-order valence-corrected chi connectivity index (χ3v) is 5.18. The summed E-state index contributed by atoms with van der Waals surface area (Å²) in [5.41, 5.74) is 2.41. The van der Waals surface area contributed by atoms with Gasteiger partial charge in [-0.15, -0.1) is 0 Å². The number of rotatable bonds is 2. The summed E-state index contributed by atoms with van der Waals surface area (Å²) >= 11 is 15.5. The van der Waals surface area contributed by atoms with Crippen LogP contribution in [0.2, 0.25) is 10.0 Å². The minimum Gasteiger partial charge on any atom is -0.436 e. The fourth-order valence-electron chi connectivity index (χ4n) is 2.12. The Morgan fingerprint density at radius 1 is 1.17 bits per heavy atom. The lowest BCUT2D eigenvalue weighted by atomic mass is 10.2. The monoisotopic (exact) mass is 412 g/mol. The number of fused-ring (bicyclic) bond motifs is 1. The van der Waals surface area contributed by atoms with E-state index >= 15 is 0 Å². The Morgan fingerprint density at radius 3 is 2.43 bits per heavy atom. The quantitative estimate of drug-likeness (QED) is 0.538. The summed E-state index contributed by atoms with van der Waals surface area (Å²) in [5, 5.41) is 0.941. The zero-order chi connectivity index (χ0) is 16.7. The molecule has 118 valence electrons. The highest BCUT2D eigenvalue weighted by molar-refractivity contribution is 9.10. The van der Waals surface area contributed by atoms with Crippen molar-refractivity contribution < 1.29 is 9.21 Å². The topological polar surface area (TPSA) is 46.3 Å². The molecule has 3 rings (SSSR count). The molecule has 0 saturated carbocycles. The van der Waals surface area contributed by atoms with Gasteiger partial charge in [0.2, 0.25) is 5.89 Å². The van der Waals surface area contributed by atoms with E-state index in [9.17, 15) is 4.79 Å². The van der Waals surface area contributed by atoms with E-state index in [0.29, 0.717) is 42.6 Å². The van der Waals surface area contributed by atoms with Gasteiger partial charge in [-0.3, -0.25) is 4.79 Å². The average Bonchev–Trinajstić information content (AvgIpc) is 2.94. The van der Waals surface area contributed by atoms with Gasteiger partial charge in [-0.2, -0.15) is 0 Å². The third kappa shape index (κ3) is 3.09. The van der Waals surface area contributed by atoms with Gasteiger partial charge in [0, 0.05) is 25.2 Å². The molecule has 0 radical (unpaired) electrons. The second-order valence-corrected chi connectivity index (χ2v) is 6.76. The maximum Gasteiger partial charge on any atom is 0.253 e. The molecular formula is C16H11BrCl2N2O2. The van der Waals surface area contributed by atoms with Gasteiger partial charge in [0.05, 0.1) is 14.5 Å². The maximum absolute atomic E-state index is 12.0. The van der Waals surface area contributed by atoms with Crippen molar-refractivity contribution in [3.8, 4) is 11.5 Å². The Balaban J connectivity index is 2.08. The van der Waals surface area contributed by atoms with Crippen LogP contribution >= 0.6 is 39.1 Å². The minimum atomic E-state index is -0.0915. The highest BCUT2D eigenvalue weighted by atomic mass is 79.9. The van der Waals surface area contributed by atoms with E-state index in [1.165, 1.54) is 4.90 Å². The maximum atomic E-state index is 12.0. The van der Waals surface area contributed by atoms with E-state index in [2.05, 4.69) is 20.9 Å². The highest BCUT2D eigenvalue weighted by Gasteiger charge is 2.15. The SMILES string of the molecule is CN(C)C(=O)c1ccc2oc(-c3cc(Cl)c(Br)c(Cl)c3)nc2c1. The van der Waals surface area contributed by atoms with Gasteiger partial charge in [0.25, 0.3) is 5.91 Å². The number of hydrogen-bond acceptors (Lipinski definition) is 3. The molecule has 0 unspecified atom stereocenters. The molecule has 3 aromatic rings. The molecule has 0 aliphatic heterocycles. The first kappa shape index (κ1) is 16.3. The van der Waals surface area contributed by atoms with Gasteiger partial charge in [0.1, 0.15) is 5.52 Å². The Kier molecular flexibility index (Phi) is 4.36. The van der Waals surface area contributed by atoms with Gasteiger partial charge in [-0.1, -0.05) is 23.2 Å². The Hall–Kier alpha value is -1.56. The van der Waals surface area contributed by atoms with Crippen LogP contribution in [0.4, 0.5) is 0 Å². The fraction of sp³-hybridized carbons (Fsp3) is 0.125. The molecule has 1 heterocycles. The van der Waals surface area contributed by atoms with Crippen LogP contribution < -0.4 is 0 Å². The molecule has 4 nitrogen and oxygen atoms in total. The van der Waals surface area contributed by atoms with Gasteiger partial charge >= 0.3 is 0 Å². The van der Waals surface area contributed by atoms with E-state index in [0.717, 1.165) is 0 Å². The Labute approximate surface area is 151 Å². The summed E-state index contributed by atoms with van der Waals surface area (Å²) in [6.07, 6.45) is 0. The molecule has 0 aliphatic carbocycles. The second-order valence-electron chi connectivity index (χ2n) is 5.15. The summed E-state index contributed by atoms with van der Waals surface area (Å²) < 4.78 is 6.36.